The predicted molar refractivity (Wildman–Crippen MR) is 66.1 cm³/mol. The summed E-state index contributed by atoms with van der Waals surface area (Å²) in [5.41, 5.74) is 1.52. The number of piperazine rings is 1. The molecule has 2 N–H and O–H groups in total. The molecule has 0 bridgehead atoms. The summed E-state index contributed by atoms with van der Waals surface area (Å²) in [5.74, 6) is -0.868. The van der Waals surface area contributed by atoms with E-state index in [1.54, 1.807) is 12.1 Å². The first-order valence-corrected chi connectivity index (χ1v) is 5.94. The number of carboxylic acids is 1. The molecule has 2 rings (SSSR count). The van der Waals surface area contributed by atoms with E-state index in [0.717, 1.165) is 26.2 Å². The van der Waals surface area contributed by atoms with Gasteiger partial charge < -0.3 is 10.4 Å². The smallest absolute Gasteiger partial charge is 0.335 e. The standard InChI is InChI=1S/C13H18N2O2/c1-10-8-14-6-7-15(10)9-11-2-4-12(5-3-11)13(16)17/h2-5,10,14H,6-9H2,1H3,(H,16,17)/t10-/m0/s1. The number of hydrogen-bond acceptors (Lipinski definition) is 3. The van der Waals surface area contributed by atoms with Gasteiger partial charge in [-0.2, -0.15) is 0 Å². The molecule has 1 aliphatic heterocycles. The van der Waals surface area contributed by atoms with Gasteiger partial charge >= 0.3 is 5.97 Å². The lowest BCUT2D eigenvalue weighted by atomic mass is 10.1. The van der Waals surface area contributed by atoms with Crippen LogP contribution in [0.3, 0.4) is 0 Å². The largest absolute Gasteiger partial charge is 0.478 e. The van der Waals surface area contributed by atoms with Crippen molar-refractivity contribution in [2.24, 2.45) is 0 Å². The Morgan fingerprint density at radius 1 is 1.47 bits per heavy atom. The van der Waals surface area contributed by atoms with E-state index >= 15 is 0 Å². The van der Waals surface area contributed by atoms with Crippen LogP contribution >= 0.6 is 0 Å². The van der Waals surface area contributed by atoms with E-state index in [-0.39, 0.29) is 0 Å². The number of hydrogen-bond donors (Lipinski definition) is 2. The normalized spacial score (nSPS) is 21.4. The maximum Gasteiger partial charge on any atom is 0.335 e. The zero-order valence-electron chi connectivity index (χ0n) is 10.0. The fraction of sp³-hybridized carbons (Fsp3) is 0.462. The highest BCUT2D eigenvalue weighted by Crippen LogP contribution is 2.11. The minimum Gasteiger partial charge on any atom is -0.478 e. The van der Waals surface area contributed by atoms with Crippen molar-refractivity contribution < 1.29 is 9.90 Å². The van der Waals surface area contributed by atoms with Crippen molar-refractivity contribution in [2.75, 3.05) is 19.6 Å². The molecule has 4 nitrogen and oxygen atoms in total. The fourth-order valence-electron chi connectivity index (χ4n) is 2.11. The molecule has 1 aliphatic rings. The zero-order valence-corrected chi connectivity index (χ0v) is 10.0. The molecule has 0 saturated carbocycles. The van der Waals surface area contributed by atoms with Crippen LogP contribution in [0.2, 0.25) is 0 Å². The number of nitrogens with one attached hydrogen (secondary N) is 1. The van der Waals surface area contributed by atoms with Gasteiger partial charge in [0.2, 0.25) is 0 Å². The van der Waals surface area contributed by atoms with Crippen molar-refractivity contribution in [2.45, 2.75) is 19.5 Å². The molecule has 0 amide bonds. The molecule has 0 aromatic heterocycles. The SMILES string of the molecule is C[C@H]1CNCCN1Cc1ccc(C(=O)O)cc1. The second kappa shape index (κ2) is 5.29. The molecule has 0 radical (unpaired) electrons. The number of benzene rings is 1. The number of carboxylic acid groups (broad SMARTS) is 1. The third kappa shape index (κ3) is 3.05. The molecule has 17 heavy (non-hydrogen) atoms. The molecule has 4 heteroatoms. The van der Waals surface area contributed by atoms with E-state index in [4.69, 9.17) is 5.11 Å². The third-order valence-electron chi connectivity index (χ3n) is 3.23. The topological polar surface area (TPSA) is 52.6 Å². The van der Waals surface area contributed by atoms with Gasteiger partial charge in [0.1, 0.15) is 0 Å². The Kier molecular flexibility index (Phi) is 3.76. The first-order valence-electron chi connectivity index (χ1n) is 5.94. The summed E-state index contributed by atoms with van der Waals surface area (Å²) in [5, 5.41) is 12.2. The van der Waals surface area contributed by atoms with Crippen molar-refractivity contribution in [3.05, 3.63) is 35.4 Å². The predicted octanol–water partition coefficient (Wildman–Crippen LogP) is 1.18. The van der Waals surface area contributed by atoms with E-state index in [0.29, 0.717) is 11.6 Å². The summed E-state index contributed by atoms with van der Waals surface area (Å²) in [7, 11) is 0. The molecule has 1 saturated heterocycles. The van der Waals surface area contributed by atoms with Gasteiger partial charge in [-0.1, -0.05) is 12.1 Å². The van der Waals surface area contributed by atoms with Crippen molar-refractivity contribution in [3.8, 4) is 0 Å². The van der Waals surface area contributed by atoms with Crippen LogP contribution in [-0.4, -0.2) is 41.7 Å². The Labute approximate surface area is 101 Å². The lowest BCUT2D eigenvalue weighted by Crippen LogP contribution is -2.49. The Balaban J connectivity index is 2.00. The molecule has 92 valence electrons. The Morgan fingerprint density at radius 2 is 2.18 bits per heavy atom. The van der Waals surface area contributed by atoms with Crippen LogP contribution < -0.4 is 5.32 Å². The summed E-state index contributed by atoms with van der Waals surface area (Å²) in [6.07, 6.45) is 0. The molecular formula is C13H18N2O2. The molecule has 0 spiro atoms. The van der Waals surface area contributed by atoms with Crippen LogP contribution in [0.25, 0.3) is 0 Å². The molecule has 1 heterocycles. The zero-order chi connectivity index (χ0) is 12.3. The molecule has 0 aliphatic carbocycles. The van der Waals surface area contributed by atoms with Crippen LogP contribution in [0.1, 0.15) is 22.8 Å². The summed E-state index contributed by atoms with van der Waals surface area (Å²) in [6, 6.07) is 7.67. The van der Waals surface area contributed by atoms with Gasteiger partial charge in [-0.3, -0.25) is 4.90 Å². The lowest BCUT2D eigenvalue weighted by molar-refractivity contribution is 0.0697. The van der Waals surface area contributed by atoms with E-state index in [1.807, 2.05) is 12.1 Å². The van der Waals surface area contributed by atoms with Gasteiger partial charge in [-0.05, 0) is 24.6 Å². The fourth-order valence-corrected chi connectivity index (χ4v) is 2.11. The Morgan fingerprint density at radius 3 is 2.76 bits per heavy atom. The molecule has 1 fully saturated rings. The minimum absolute atomic E-state index is 0.349. The van der Waals surface area contributed by atoms with Gasteiger partial charge in [0.05, 0.1) is 5.56 Å². The average molecular weight is 234 g/mol. The number of aromatic carboxylic acids is 1. The van der Waals surface area contributed by atoms with Gasteiger partial charge in [-0.25, -0.2) is 4.79 Å². The summed E-state index contributed by atoms with van der Waals surface area (Å²) >= 11 is 0. The van der Waals surface area contributed by atoms with E-state index in [1.165, 1.54) is 5.56 Å². The van der Waals surface area contributed by atoms with Crippen molar-refractivity contribution in [1.82, 2.24) is 10.2 Å². The highest BCUT2D eigenvalue weighted by molar-refractivity contribution is 5.87. The summed E-state index contributed by atoms with van der Waals surface area (Å²) in [6.45, 7) is 6.19. The number of rotatable bonds is 3. The van der Waals surface area contributed by atoms with Crippen molar-refractivity contribution >= 4 is 5.97 Å². The summed E-state index contributed by atoms with van der Waals surface area (Å²) in [4.78, 5) is 13.1. The van der Waals surface area contributed by atoms with Crippen molar-refractivity contribution in [3.63, 3.8) is 0 Å². The molecule has 1 aromatic rings. The van der Waals surface area contributed by atoms with Crippen LogP contribution in [-0.2, 0) is 6.54 Å². The third-order valence-corrected chi connectivity index (χ3v) is 3.23. The van der Waals surface area contributed by atoms with Crippen LogP contribution in [0.4, 0.5) is 0 Å². The second-order valence-electron chi connectivity index (χ2n) is 4.53. The van der Waals surface area contributed by atoms with Crippen molar-refractivity contribution in [1.29, 1.82) is 0 Å². The molecule has 1 atom stereocenters. The monoisotopic (exact) mass is 234 g/mol. The quantitative estimate of drug-likeness (QED) is 0.824. The summed E-state index contributed by atoms with van der Waals surface area (Å²) < 4.78 is 0. The van der Waals surface area contributed by atoms with Crippen LogP contribution in [0.5, 0.6) is 0 Å². The van der Waals surface area contributed by atoms with Gasteiger partial charge in [0.15, 0.2) is 0 Å². The van der Waals surface area contributed by atoms with E-state index in [2.05, 4.69) is 17.1 Å². The maximum atomic E-state index is 10.7. The molecular weight excluding hydrogens is 216 g/mol. The maximum absolute atomic E-state index is 10.7. The van der Waals surface area contributed by atoms with Gasteiger partial charge in [0.25, 0.3) is 0 Å². The average Bonchev–Trinajstić information content (AvgIpc) is 2.33. The number of carbonyl (C=O) groups is 1. The number of nitrogens with zero attached hydrogens (tertiary/aromatic N) is 1. The highest BCUT2D eigenvalue weighted by Gasteiger charge is 2.17. The second-order valence-corrected chi connectivity index (χ2v) is 4.53. The Hall–Kier alpha value is -1.39. The molecule has 0 unspecified atom stereocenters. The van der Waals surface area contributed by atoms with Crippen LogP contribution in [0.15, 0.2) is 24.3 Å². The minimum atomic E-state index is -0.868. The van der Waals surface area contributed by atoms with Gasteiger partial charge in [-0.15, -0.1) is 0 Å². The lowest BCUT2D eigenvalue weighted by Gasteiger charge is -2.33. The highest BCUT2D eigenvalue weighted by atomic mass is 16.4. The van der Waals surface area contributed by atoms with Gasteiger partial charge in [0, 0.05) is 32.2 Å². The first-order chi connectivity index (χ1) is 8.16. The van der Waals surface area contributed by atoms with Crippen LogP contribution in [0, 0.1) is 0 Å². The molecule has 1 aromatic carbocycles. The van der Waals surface area contributed by atoms with E-state index < -0.39 is 5.97 Å². The Bertz CT molecular complexity index is 389. The first kappa shape index (κ1) is 12.1. The van der Waals surface area contributed by atoms with E-state index in [9.17, 15) is 4.79 Å².